The van der Waals surface area contributed by atoms with Gasteiger partial charge in [-0.2, -0.15) is 10.2 Å². The molecule has 0 aliphatic heterocycles. The molecule has 0 radical (unpaired) electrons. The Balaban J connectivity index is 1.68. The first-order valence-electron chi connectivity index (χ1n) is 6.89. The van der Waals surface area contributed by atoms with Crippen LogP contribution in [0.4, 0.5) is 4.39 Å². The van der Waals surface area contributed by atoms with E-state index in [9.17, 15) is 9.18 Å². The summed E-state index contributed by atoms with van der Waals surface area (Å²) < 4.78 is 15.4. The monoisotopic (exact) mass is 320 g/mol. The molecule has 5 nitrogen and oxygen atoms in total. The number of hydrogen-bond acceptors (Lipinski definition) is 3. The predicted octanol–water partition coefficient (Wildman–Crippen LogP) is 3.08. The average molecular weight is 321 g/mol. The van der Waals surface area contributed by atoms with Gasteiger partial charge in [0.2, 0.25) is 0 Å². The van der Waals surface area contributed by atoms with Gasteiger partial charge in [0.15, 0.2) is 0 Å². The van der Waals surface area contributed by atoms with Crippen LogP contribution in [0.3, 0.4) is 0 Å². The molecule has 22 heavy (non-hydrogen) atoms. The molecule has 1 aliphatic carbocycles. The quantitative estimate of drug-likeness (QED) is 0.695. The standard InChI is InChI=1S/C15H14ClFN4O/c1-9-13(8-19-21(9)12-4-5-12)15(22)20-18-7-10-2-3-11(16)6-14(10)17/h2-3,6-8,12H,4-5H2,1H3,(H,20,22). The van der Waals surface area contributed by atoms with Gasteiger partial charge in [-0.05, 0) is 38.0 Å². The second kappa shape index (κ2) is 5.88. The van der Waals surface area contributed by atoms with Crippen molar-refractivity contribution in [2.75, 3.05) is 0 Å². The Morgan fingerprint density at radius 3 is 3.00 bits per heavy atom. The van der Waals surface area contributed by atoms with Gasteiger partial charge >= 0.3 is 0 Å². The lowest BCUT2D eigenvalue weighted by molar-refractivity contribution is 0.0954. The third-order valence-electron chi connectivity index (χ3n) is 3.51. The molecule has 0 bridgehead atoms. The van der Waals surface area contributed by atoms with Gasteiger partial charge in [0.1, 0.15) is 5.82 Å². The van der Waals surface area contributed by atoms with Crippen molar-refractivity contribution in [1.29, 1.82) is 0 Å². The highest BCUT2D eigenvalue weighted by Crippen LogP contribution is 2.35. The smallest absolute Gasteiger partial charge is 0.267 e. The predicted molar refractivity (Wildman–Crippen MR) is 81.7 cm³/mol. The summed E-state index contributed by atoms with van der Waals surface area (Å²) in [6.07, 6.45) is 4.96. The number of nitrogens with zero attached hydrogens (tertiary/aromatic N) is 3. The lowest BCUT2D eigenvalue weighted by Crippen LogP contribution is -2.18. The summed E-state index contributed by atoms with van der Waals surface area (Å²) in [6.45, 7) is 1.85. The van der Waals surface area contributed by atoms with Crippen molar-refractivity contribution in [2.45, 2.75) is 25.8 Å². The first kappa shape index (κ1) is 14.7. The van der Waals surface area contributed by atoms with E-state index >= 15 is 0 Å². The van der Waals surface area contributed by atoms with E-state index < -0.39 is 5.82 Å². The van der Waals surface area contributed by atoms with Crippen LogP contribution >= 0.6 is 11.6 Å². The van der Waals surface area contributed by atoms with E-state index in [1.165, 1.54) is 24.5 Å². The zero-order chi connectivity index (χ0) is 15.7. The molecule has 1 saturated carbocycles. The fourth-order valence-corrected chi connectivity index (χ4v) is 2.32. The molecule has 2 aromatic rings. The number of hydrogen-bond donors (Lipinski definition) is 1. The molecule has 1 heterocycles. The first-order valence-corrected chi connectivity index (χ1v) is 7.26. The summed E-state index contributed by atoms with van der Waals surface area (Å²) in [5, 5.41) is 8.30. The maximum absolute atomic E-state index is 13.6. The van der Waals surface area contributed by atoms with E-state index in [1.807, 2.05) is 11.6 Å². The van der Waals surface area contributed by atoms with Crippen molar-refractivity contribution in [2.24, 2.45) is 5.10 Å². The molecular formula is C15H14ClFN4O. The van der Waals surface area contributed by atoms with E-state index in [1.54, 1.807) is 6.07 Å². The Morgan fingerprint density at radius 1 is 1.55 bits per heavy atom. The van der Waals surface area contributed by atoms with Gasteiger partial charge in [-0.1, -0.05) is 11.6 Å². The number of halogens is 2. The Hall–Kier alpha value is -2.21. The number of carbonyl (C=O) groups excluding carboxylic acids is 1. The molecule has 1 aliphatic rings. The van der Waals surface area contributed by atoms with Crippen molar-refractivity contribution in [1.82, 2.24) is 15.2 Å². The number of aromatic nitrogens is 2. The van der Waals surface area contributed by atoms with Gasteiger partial charge in [-0.25, -0.2) is 9.82 Å². The summed E-state index contributed by atoms with van der Waals surface area (Å²) in [7, 11) is 0. The van der Waals surface area contributed by atoms with Crippen LogP contribution < -0.4 is 5.43 Å². The highest BCUT2D eigenvalue weighted by Gasteiger charge is 2.27. The molecule has 1 fully saturated rings. The number of hydrazone groups is 1. The van der Waals surface area contributed by atoms with Crippen molar-refractivity contribution in [3.63, 3.8) is 0 Å². The topological polar surface area (TPSA) is 59.3 Å². The second-order valence-corrected chi connectivity index (χ2v) is 5.62. The average Bonchev–Trinajstić information content (AvgIpc) is 3.24. The summed E-state index contributed by atoms with van der Waals surface area (Å²) in [4.78, 5) is 12.1. The van der Waals surface area contributed by atoms with Crippen LogP contribution in [-0.4, -0.2) is 21.9 Å². The lowest BCUT2D eigenvalue weighted by Gasteiger charge is -2.02. The zero-order valence-electron chi connectivity index (χ0n) is 11.9. The van der Waals surface area contributed by atoms with Crippen LogP contribution in [0, 0.1) is 12.7 Å². The molecule has 1 aromatic heterocycles. The van der Waals surface area contributed by atoms with Crippen LogP contribution in [0.1, 0.15) is 40.5 Å². The number of rotatable bonds is 4. The van der Waals surface area contributed by atoms with E-state index in [4.69, 9.17) is 11.6 Å². The van der Waals surface area contributed by atoms with Crippen LogP contribution in [0.5, 0.6) is 0 Å². The number of carbonyl (C=O) groups is 1. The number of nitrogens with one attached hydrogen (secondary N) is 1. The Kier molecular flexibility index (Phi) is 3.94. The summed E-state index contributed by atoms with van der Waals surface area (Å²) in [5.41, 5.74) is 3.91. The van der Waals surface area contributed by atoms with Crippen molar-refractivity contribution in [3.05, 3.63) is 52.1 Å². The van der Waals surface area contributed by atoms with Gasteiger partial charge in [-0.15, -0.1) is 0 Å². The van der Waals surface area contributed by atoms with E-state index in [0.29, 0.717) is 16.6 Å². The Labute approximate surface area is 131 Å². The van der Waals surface area contributed by atoms with Gasteiger partial charge in [-0.3, -0.25) is 9.48 Å². The summed E-state index contributed by atoms with van der Waals surface area (Å²) in [5.74, 6) is -0.863. The van der Waals surface area contributed by atoms with Gasteiger partial charge < -0.3 is 0 Å². The highest BCUT2D eigenvalue weighted by molar-refractivity contribution is 6.30. The normalized spacial score (nSPS) is 14.5. The second-order valence-electron chi connectivity index (χ2n) is 5.18. The summed E-state index contributed by atoms with van der Waals surface area (Å²) >= 11 is 5.67. The third kappa shape index (κ3) is 3.01. The van der Waals surface area contributed by atoms with Crippen molar-refractivity contribution >= 4 is 23.7 Å². The maximum atomic E-state index is 13.6. The van der Waals surface area contributed by atoms with Crippen LogP contribution in [-0.2, 0) is 0 Å². The number of benzene rings is 1. The molecule has 0 spiro atoms. The summed E-state index contributed by atoms with van der Waals surface area (Å²) in [6, 6.07) is 4.64. The van der Waals surface area contributed by atoms with Gasteiger partial charge in [0.05, 0.1) is 24.0 Å². The number of amides is 1. The molecule has 1 N–H and O–H groups in total. The van der Waals surface area contributed by atoms with Crippen molar-refractivity contribution < 1.29 is 9.18 Å². The minimum atomic E-state index is -0.497. The molecular weight excluding hydrogens is 307 g/mol. The van der Waals surface area contributed by atoms with E-state index in [2.05, 4.69) is 15.6 Å². The van der Waals surface area contributed by atoms with Crippen molar-refractivity contribution in [3.8, 4) is 0 Å². The molecule has 0 unspecified atom stereocenters. The zero-order valence-corrected chi connectivity index (χ0v) is 12.6. The largest absolute Gasteiger partial charge is 0.274 e. The minimum Gasteiger partial charge on any atom is -0.267 e. The van der Waals surface area contributed by atoms with E-state index in [0.717, 1.165) is 18.5 Å². The van der Waals surface area contributed by atoms with Crippen LogP contribution in [0.15, 0.2) is 29.5 Å². The fraction of sp³-hybridized carbons (Fsp3) is 0.267. The molecule has 3 rings (SSSR count). The van der Waals surface area contributed by atoms with E-state index in [-0.39, 0.29) is 11.5 Å². The molecule has 7 heteroatoms. The molecule has 1 amide bonds. The third-order valence-corrected chi connectivity index (χ3v) is 3.75. The lowest BCUT2D eigenvalue weighted by atomic mass is 10.2. The highest BCUT2D eigenvalue weighted by atomic mass is 35.5. The molecule has 1 aromatic carbocycles. The molecule has 0 saturated heterocycles. The maximum Gasteiger partial charge on any atom is 0.274 e. The molecule has 0 atom stereocenters. The van der Waals surface area contributed by atoms with Crippen LogP contribution in [0.25, 0.3) is 0 Å². The molecule has 114 valence electrons. The minimum absolute atomic E-state index is 0.245. The fourth-order valence-electron chi connectivity index (χ4n) is 2.16. The van der Waals surface area contributed by atoms with Gasteiger partial charge in [0.25, 0.3) is 5.91 Å². The van der Waals surface area contributed by atoms with Crippen LogP contribution in [0.2, 0.25) is 5.02 Å². The SMILES string of the molecule is Cc1c(C(=O)NN=Cc2ccc(Cl)cc2F)cnn1C1CC1. The first-order chi connectivity index (χ1) is 10.6. The Morgan fingerprint density at radius 2 is 2.32 bits per heavy atom. The Bertz CT molecular complexity index is 752. The van der Waals surface area contributed by atoms with Gasteiger partial charge in [0, 0.05) is 16.3 Å².